The standard InChI is InChI=1S/C24H34N4O2/c1-2-26-20(17-18-7-3-4-9-21(18)26)12-11-19-8-5-15-27(19)24(30)22-10-6-16-28(22)23(29)13-14-25/h3-4,7,9,17,19,22H,2,5-6,8,10-16,25H2,1H3/t19-,22+/m0/s1. The molecule has 162 valence electrons. The first-order valence-corrected chi connectivity index (χ1v) is 11.5. The molecule has 4 rings (SSSR count). The average molecular weight is 411 g/mol. The molecule has 0 bridgehead atoms. The number of para-hydroxylation sites is 1. The molecule has 0 aliphatic carbocycles. The van der Waals surface area contributed by atoms with Gasteiger partial charge in [0.1, 0.15) is 6.04 Å². The Kier molecular flexibility index (Phi) is 6.42. The highest BCUT2D eigenvalue weighted by Gasteiger charge is 2.39. The van der Waals surface area contributed by atoms with E-state index in [0.29, 0.717) is 19.5 Å². The van der Waals surface area contributed by atoms with E-state index in [9.17, 15) is 9.59 Å². The van der Waals surface area contributed by atoms with E-state index in [1.54, 1.807) is 4.90 Å². The van der Waals surface area contributed by atoms with Crippen molar-refractivity contribution in [3.05, 3.63) is 36.0 Å². The first-order valence-electron chi connectivity index (χ1n) is 11.5. The maximum atomic E-state index is 13.3. The molecule has 0 radical (unpaired) electrons. The summed E-state index contributed by atoms with van der Waals surface area (Å²) in [5.41, 5.74) is 8.20. The van der Waals surface area contributed by atoms with Gasteiger partial charge in [-0.2, -0.15) is 0 Å². The van der Waals surface area contributed by atoms with Gasteiger partial charge in [0, 0.05) is 49.9 Å². The Morgan fingerprint density at radius 1 is 1.10 bits per heavy atom. The van der Waals surface area contributed by atoms with Crippen LogP contribution in [0.4, 0.5) is 0 Å². The Morgan fingerprint density at radius 3 is 2.67 bits per heavy atom. The zero-order valence-corrected chi connectivity index (χ0v) is 18.1. The molecular weight excluding hydrogens is 376 g/mol. The van der Waals surface area contributed by atoms with Crippen molar-refractivity contribution in [3.8, 4) is 0 Å². The molecule has 30 heavy (non-hydrogen) atoms. The van der Waals surface area contributed by atoms with Gasteiger partial charge in [-0.3, -0.25) is 9.59 Å². The van der Waals surface area contributed by atoms with Crippen molar-refractivity contribution in [2.24, 2.45) is 5.73 Å². The van der Waals surface area contributed by atoms with E-state index >= 15 is 0 Å². The van der Waals surface area contributed by atoms with Crippen LogP contribution in [0.1, 0.15) is 51.1 Å². The number of aryl methyl sites for hydroxylation is 2. The van der Waals surface area contributed by atoms with Crippen molar-refractivity contribution in [2.75, 3.05) is 19.6 Å². The van der Waals surface area contributed by atoms with Gasteiger partial charge in [0.15, 0.2) is 0 Å². The molecule has 2 N–H and O–H groups in total. The van der Waals surface area contributed by atoms with Gasteiger partial charge in [0.25, 0.3) is 0 Å². The van der Waals surface area contributed by atoms with Crippen molar-refractivity contribution < 1.29 is 9.59 Å². The minimum absolute atomic E-state index is 0.0246. The third-order valence-corrected chi connectivity index (χ3v) is 6.82. The molecule has 3 heterocycles. The lowest BCUT2D eigenvalue weighted by Gasteiger charge is -2.31. The summed E-state index contributed by atoms with van der Waals surface area (Å²) in [4.78, 5) is 29.6. The molecule has 6 nitrogen and oxygen atoms in total. The lowest BCUT2D eigenvalue weighted by molar-refractivity contribution is -0.144. The van der Waals surface area contributed by atoms with Gasteiger partial charge in [-0.15, -0.1) is 0 Å². The zero-order chi connectivity index (χ0) is 21.1. The summed E-state index contributed by atoms with van der Waals surface area (Å²) >= 11 is 0. The monoisotopic (exact) mass is 410 g/mol. The second-order valence-corrected chi connectivity index (χ2v) is 8.59. The Labute approximate surface area is 179 Å². The number of hydrogen-bond acceptors (Lipinski definition) is 3. The molecule has 0 unspecified atom stereocenters. The van der Waals surface area contributed by atoms with Crippen molar-refractivity contribution >= 4 is 22.7 Å². The predicted octanol–water partition coefficient (Wildman–Crippen LogP) is 2.92. The third kappa shape index (κ3) is 3.97. The number of rotatable bonds is 7. The number of nitrogens with two attached hydrogens (primary N) is 1. The SMILES string of the molecule is CCn1c(CC[C@@H]2CCCN2C(=O)[C@H]2CCCN2C(=O)CCN)cc2ccccc21. The van der Waals surface area contributed by atoms with Crippen LogP contribution in [0.15, 0.2) is 30.3 Å². The summed E-state index contributed by atoms with van der Waals surface area (Å²) in [5.74, 6) is 0.174. The van der Waals surface area contributed by atoms with Crippen LogP contribution in [0.25, 0.3) is 10.9 Å². The summed E-state index contributed by atoms with van der Waals surface area (Å²) in [7, 11) is 0. The molecular formula is C24H34N4O2. The summed E-state index contributed by atoms with van der Waals surface area (Å²) in [5, 5.41) is 1.29. The van der Waals surface area contributed by atoms with Crippen LogP contribution in [0.5, 0.6) is 0 Å². The fourth-order valence-corrected chi connectivity index (χ4v) is 5.37. The van der Waals surface area contributed by atoms with E-state index in [1.807, 2.05) is 0 Å². The van der Waals surface area contributed by atoms with Crippen LogP contribution in [0.3, 0.4) is 0 Å². The van der Waals surface area contributed by atoms with Crippen LogP contribution in [0.2, 0.25) is 0 Å². The lowest BCUT2D eigenvalue weighted by atomic mass is 10.1. The molecule has 1 aromatic heterocycles. The largest absolute Gasteiger partial charge is 0.345 e. The van der Waals surface area contributed by atoms with Crippen LogP contribution in [-0.4, -0.2) is 57.9 Å². The fraction of sp³-hybridized carbons (Fsp3) is 0.583. The number of amides is 2. The van der Waals surface area contributed by atoms with E-state index in [1.165, 1.54) is 16.6 Å². The Bertz CT molecular complexity index is 906. The van der Waals surface area contributed by atoms with Crippen LogP contribution in [-0.2, 0) is 22.6 Å². The number of carbonyl (C=O) groups is 2. The highest BCUT2D eigenvalue weighted by molar-refractivity contribution is 5.88. The summed E-state index contributed by atoms with van der Waals surface area (Å²) < 4.78 is 2.39. The van der Waals surface area contributed by atoms with E-state index in [-0.39, 0.29) is 23.9 Å². The first-order chi connectivity index (χ1) is 14.6. The maximum absolute atomic E-state index is 13.3. The number of benzene rings is 1. The highest BCUT2D eigenvalue weighted by atomic mass is 16.2. The topological polar surface area (TPSA) is 71.6 Å². The van der Waals surface area contributed by atoms with Crippen molar-refractivity contribution in [3.63, 3.8) is 0 Å². The first kappa shape index (κ1) is 20.9. The van der Waals surface area contributed by atoms with E-state index in [4.69, 9.17) is 5.73 Å². The van der Waals surface area contributed by atoms with Gasteiger partial charge in [0.05, 0.1) is 0 Å². The number of carbonyl (C=O) groups excluding carboxylic acids is 2. The van der Waals surface area contributed by atoms with Gasteiger partial charge < -0.3 is 20.1 Å². The quantitative estimate of drug-likeness (QED) is 0.763. The Morgan fingerprint density at radius 2 is 1.87 bits per heavy atom. The van der Waals surface area contributed by atoms with Crippen LogP contribution < -0.4 is 5.73 Å². The fourth-order valence-electron chi connectivity index (χ4n) is 5.37. The lowest BCUT2D eigenvalue weighted by Crippen LogP contribution is -2.49. The predicted molar refractivity (Wildman–Crippen MR) is 119 cm³/mol. The molecule has 2 saturated heterocycles. The van der Waals surface area contributed by atoms with Gasteiger partial charge in [-0.05, 0) is 63.0 Å². The molecule has 2 fully saturated rings. The smallest absolute Gasteiger partial charge is 0.245 e. The Balaban J connectivity index is 1.44. The maximum Gasteiger partial charge on any atom is 0.245 e. The molecule has 2 aliphatic rings. The molecule has 0 saturated carbocycles. The molecule has 2 aliphatic heterocycles. The third-order valence-electron chi connectivity index (χ3n) is 6.82. The van der Waals surface area contributed by atoms with Gasteiger partial charge >= 0.3 is 0 Å². The van der Waals surface area contributed by atoms with Crippen LogP contribution in [0, 0.1) is 0 Å². The van der Waals surface area contributed by atoms with Crippen molar-refractivity contribution in [1.29, 1.82) is 0 Å². The molecule has 2 atom stereocenters. The minimum atomic E-state index is -0.285. The average Bonchev–Trinajstić information content (AvgIpc) is 3.49. The molecule has 1 aromatic carbocycles. The molecule has 2 amide bonds. The Hall–Kier alpha value is -2.34. The number of likely N-dealkylation sites (tertiary alicyclic amines) is 2. The minimum Gasteiger partial charge on any atom is -0.345 e. The van der Waals surface area contributed by atoms with E-state index in [2.05, 4.69) is 46.7 Å². The summed E-state index contributed by atoms with van der Waals surface area (Å²) in [6.45, 7) is 4.98. The second-order valence-electron chi connectivity index (χ2n) is 8.59. The van der Waals surface area contributed by atoms with Crippen molar-refractivity contribution in [1.82, 2.24) is 14.4 Å². The molecule has 2 aromatic rings. The van der Waals surface area contributed by atoms with Crippen LogP contribution >= 0.6 is 0 Å². The number of nitrogens with zero attached hydrogens (tertiary/aromatic N) is 3. The van der Waals surface area contributed by atoms with E-state index < -0.39 is 0 Å². The molecule has 6 heteroatoms. The number of fused-ring (bicyclic) bond motifs is 1. The summed E-state index contributed by atoms with van der Waals surface area (Å²) in [6.07, 6.45) is 6.07. The van der Waals surface area contributed by atoms with Gasteiger partial charge in [0.2, 0.25) is 11.8 Å². The van der Waals surface area contributed by atoms with Crippen molar-refractivity contribution in [2.45, 2.75) is 70.5 Å². The second kappa shape index (κ2) is 9.21. The van der Waals surface area contributed by atoms with Gasteiger partial charge in [-0.1, -0.05) is 18.2 Å². The van der Waals surface area contributed by atoms with Gasteiger partial charge in [-0.25, -0.2) is 0 Å². The number of aromatic nitrogens is 1. The van der Waals surface area contributed by atoms with E-state index in [0.717, 1.165) is 51.6 Å². The summed E-state index contributed by atoms with van der Waals surface area (Å²) in [6, 6.07) is 10.8. The normalized spacial score (nSPS) is 21.7. The highest BCUT2D eigenvalue weighted by Crippen LogP contribution is 2.28. The molecule has 0 spiro atoms. The zero-order valence-electron chi connectivity index (χ0n) is 18.1. The number of hydrogen-bond donors (Lipinski definition) is 1.